The first-order chi connectivity index (χ1) is 11.2. The van der Waals surface area contributed by atoms with Crippen LogP contribution in [-0.4, -0.2) is 36.9 Å². The van der Waals surface area contributed by atoms with Gasteiger partial charge >= 0.3 is 10.3 Å². The van der Waals surface area contributed by atoms with Gasteiger partial charge in [0.05, 0.1) is 4.90 Å². The minimum Gasteiger partial charge on any atom is -0.272 e. The highest BCUT2D eigenvalue weighted by molar-refractivity contribution is 7.93. The molecule has 1 N–H and O–H groups in total. The number of sulfone groups is 1. The third-order valence-corrected chi connectivity index (χ3v) is 6.76. The lowest BCUT2D eigenvalue weighted by Crippen LogP contribution is -2.63. The second-order valence-electron chi connectivity index (χ2n) is 5.25. The van der Waals surface area contributed by atoms with Gasteiger partial charge in [-0.05, 0) is 17.7 Å². The molecule has 1 aliphatic heterocycles. The topological polar surface area (TPSA) is 109 Å². The molecule has 9 heteroatoms. The number of carbonyl (C=O) groups is 1. The van der Waals surface area contributed by atoms with E-state index < -0.39 is 37.3 Å². The zero-order chi connectivity index (χ0) is 17.5. The van der Waals surface area contributed by atoms with Crippen LogP contribution < -0.4 is 0 Å². The van der Waals surface area contributed by atoms with Crippen LogP contribution >= 0.6 is 0 Å². The molecule has 1 saturated heterocycles. The molecule has 24 heavy (non-hydrogen) atoms. The third-order valence-electron chi connectivity index (χ3n) is 3.80. The predicted octanol–water partition coefficient (Wildman–Crippen LogP) is 1.22. The molecule has 1 heterocycles. The smallest absolute Gasteiger partial charge is 0.272 e. The Morgan fingerprint density at radius 2 is 1.33 bits per heavy atom. The van der Waals surface area contributed by atoms with Crippen LogP contribution in [0.1, 0.15) is 11.6 Å². The number of nitrogens with zero attached hydrogens (tertiary/aromatic N) is 1. The van der Waals surface area contributed by atoms with Crippen molar-refractivity contribution in [1.82, 2.24) is 4.31 Å². The van der Waals surface area contributed by atoms with Gasteiger partial charge < -0.3 is 0 Å². The van der Waals surface area contributed by atoms with Crippen molar-refractivity contribution in [1.29, 1.82) is 0 Å². The number of hydrogen-bond donors (Lipinski definition) is 1. The molecular formula is C15H13NO6S2. The molecule has 0 radical (unpaired) electrons. The van der Waals surface area contributed by atoms with Gasteiger partial charge in [-0.2, -0.15) is 8.42 Å². The molecule has 7 nitrogen and oxygen atoms in total. The van der Waals surface area contributed by atoms with E-state index in [4.69, 9.17) is 0 Å². The van der Waals surface area contributed by atoms with Crippen molar-refractivity contribution in [3.05, 3.63) is 66.2 Å². The van der Waals surface area contributed by atoms with Crippen molar-refractivity contribution in [2.75, 3.05) is 0 Å². The average Bonchev–Trinajstić information content (AvgIpc) is 2.52. The number of hydrogen-bond acceptors (Lipinski definition) is 5. The highest BCUT2D eigenvalue weighted by Gasteiger charge is 2.60. The van der Waals surface area contributed by atoms with E-state index in [9.17, 15) is 26.2 Å². The summed E-state index contributed by atoms with van der Waals surface area (Å²) in [4.78, 5) is 12.1. The van der Waals surface area contributed by atoms with Crippen LogP contribution in [-0.2, 0) is 24.9 Å². The van der Waals surface area contributed by atoms with Gasteiger partial charge in [-0.25, -0.2) is 12.7 Å². The predicted molar refractivity (Wildman–Crippen MR) is 85.0 cm³/mol. The van der Waals surface area contributed by atoms with Crippen LogP contribution in [0.3, 0.4) is 0 Å². The minimum absolute atomic E-state index is 0.0840. The molecule has 0 spiro atoms. The molecule has 0 aliphatic carbocycles. The normalized spacial score (nSPS) is 21.4. The first-order valence-electron chi connectivity index (χ1n) is 6.89. The zero-order valence-electron chi connectivity index (χ0n) is 12.2. The number of amides is 1. The van der Waals surface area contributed by atoms with Gasteiger partial charge in [0.25, 0.3) is 5.91 Å². The standard InChI is InChI=1S/C15H13NO6S2/c17-15-14(23(18,19)12-9-5-2-6-10-12)13(16(15)24(20,21)22)11-7-3-1-4-8-11/h1-10,13-14H,(H,20,21,22)/t13-,14-/m1/s1. The van der Waals surface area contributed by atoms with Crippen LogP contribution in [0.5, 0.6) is 0 Å². The van der Waals surface area contributed by atoms with E-state index in [0.29, 0.717) is 5.56 Å². The molecule has 0 bridgehead atoms. The Hall–Kier alpha value is -2.23. The quantitative estimate of drug-likeness (QED) is 0.643. The molecule has 0 unspecified atom stereocenters. The summed E-state index contributed by atoms with van der Waals surface area (Å²) < 4.78 is 58.0. The van der Waals surface area contributed by atoms with Crippen LogP contribution in [0.2, 0.25) is 0 Å². The fraction of sp³-hybridized carbons (Fsp3) is 0.133. The molecule has 0 saturated carbocycles. The summed E-state index contributed by atoms with van der Waals surface area (Å²) in [7, 11) is -8.98. The van der Waals surface area contributed by atoms with Crippen molar-refractivity contribution in [2.45, 2.75) is 16.2 Å². The third kappa shape index (κ3) is 2.60. The molecular weight excluding hydrogens is 354 g/mol. The highest BCUT2D eigenvalue weighted by Crippen LogP contribution is 2.42. The van der Waals surface area contributed by atoms with Gasteiger partial charge in [0.1, 0.15) is 6.04 Å². The van der Waals surface area contributed by atoms with Crippen molar-refractivity contribution in [2.24, 2.45) is 0 Å². The van der Waals surface area contributed by atoms with Gasteiger partial charge in [-0.3, -0.25) is 9.35 Å². The van der Waals surface area contributed by atoms with Crippen LogP contribution in [0, 0.1) is 0 Å². The number of benzene rings is 2. The molecule has 2 aromatic carbocycles. The molecule has 1 fully saturated rings. The molecule has 1 aliphatic rings. The second kappa shape index (κ2) is 5.69. The summed E-state index contributed by atoms with van der Waals surface area (Å²) in [6.45, 7) is 0. The summed E-state index contributed by atoms with van der Waals surface area (Å²) in [6.07, 6.45) is 0. The summed E-state index contributed by atoms with van der Waals surface area (Å²) in [5.74, 6) is -1.17. The summed E-state index contributed by atoms with van der Waals surface area (Å²) >= 11 is 0. The molecule has 126 valence electrons. The Morgan fingerprint density at radius 3 is 1.83 bits per heavy atom. The highest BCUT2D eigenvalue weighted by atomic mass is 32.2. The van der Waals surface area contributed by atoms with Gasteiger partial charge in [0.15, 0.2) is 15.1 Å². The molecule has 0 aromatic heterocycles. The fourth-order valence-corrected chi connectivity index (χ4v) is 5.56. The fourth-order valence-electron chi connectivity index (χ4n) is 2.72. The molecule has 1 amide bonds. The Kier molecular flexibility index (Phi) is 3.94. The van der Waals surface area contributed by atoms with Crippen LogP contribution in [0.15, 0.2) is 65.6 Å². The van der Waals surface area contributed by atoms with Crippen LogP contribution in [0.25, 0.3) is 0 Å². The molecule has 3 rings (SSSR count). The van der Waals surface area contributed by atoms with E-state index in [-0.39, 0.29) is 9.20 Å². The van der Waals surface area contributed by atoms with Gasteiger partial charge in [0.2, 0.25) is 0 Å². The van der Waals surface area contributed by atoms with Gasteiger partial charge in [-0.15, -0.1) is 0 Å². The maximum absolute atomic E-state index is 12.8. The SMILES string of the molecule is O=C1[C@H](S(=O)(=O)c2ccccc2)[C@@H](c2ccccc2)N1S(=O)(=O)O. The van der Waals surface area contributed by atoms with Crippen molar-refractivity contribution >= 4 is 26.0 Å². The van der Waals surface area contributed by atoms with E-state index in [1.165, 1.54) is 36.4 Å². The van der Waals surface area contributed by atoms with E-state index in [1.54, 1.807) is 24.3 Å². The second-order valence-corrected chi connectivity index (χ2v) is 8.60. The van der Waals surface area contributed by atoms with Crippen molar-refractivity contribution < 1.29 is 26.2 Å². The Labute approximate surface area is 139 Å². The molecule has 2 atom stereocenters. The lowest BCUT2D eigenvalue weighted by Gasteiger charge is -2.43. The Bertz CT molecular complexity index is 971. The number of rotatable bonds is 4. The first kappa shape index (κ1) is 16.6. The molecule has 2 aromatic rings. The maximum atomic E-state index is 12.8. The maximum Gasteiger partial charge on any atom is 0.362 e. The summed E-state index contributed by atoms with van der Waals surface area (Å²) in [5.41, 5.74) is 0.305. The Balaban J connectivity index is 2.12. The summed E-state index contributed by atoms with van der Waals surface area (Å²) in [6, 6.07) is 13.9. The van der Waals surface area contributed by atoms with Gasteiger partial charge in [0, 0.05) is 0 Å². The van der Waals surface area contributed by atoms with E-state index in [2.05, 4.69) is 0 Å². The van der Waals surface area contributed by atoms with E-state index in [1.807, 2.05) is 0 Å². The summed E-state index contributed by atoms with van der Waals surface area (Å²) in [5, 5.41) is -1.61. The van der Waals surface area contributed by atoms with Crippen LogP contribution in [0.4, 0.5) is 0 Å². The number of carbonyl (C=O) groups excluding carboxylic acids is 1. The zero-order valence-corrected chi connectivity index (χ0v) is 13.8. The van der Waals surface area contributed by atoms with E-state index in [0.717, 1.165) is 0 Å². The Morgan fingerprint density at radius 1 is 0.833 bits per heavy atom. The largest absolute Gasteiger partial charge is 0.362 e. The lowest BCUT2D eigenvalue weighted by molar-refractivity contribution is -0.137. The number of β-lactam (4-membered cyclic amide) rings is 1. The van der Waals surface area contributed by atoms with Gasteiger partial charge in [-0.1, -0.05) is 48.5 Å². The average molecular weight is 367 g/mol. The van der Waals surface area contributed by atoms with Crippen molar-refractivity contribution in [3.8, 4) is 0 Å². The van der Waals surface area contributed by atoms with E-state index >= 15 is 0 Å². The van der Waals surface area contributed by atoms with Crippen molar-refractivity contribution in [3.63, 3.8) is 0 Å². The monoisotopic (exact) mass is 367 g/mol. The lowest BCUT2D eigenvalue weighted by atomic mass is 9.96. The minimum atomic E-state index is -4.87. The first-order valence-corrected chi connectivity index (χ1v) is 9.83.